The summed E-state index contributed by atoms with van der Waals surface area (Å²) < 4.78 is 0. The molecule has 1 fully saturated rings. The van der Waals surface area contributed by atoms with E-state index in [9.17, 15) is 0 Å². The van der Waals surface area contributed by atoms with Gasteiger partial charge in [0.2, 0.25) is 0 Å². The van der Waals surface area contributed by atoms with Crippen LogP contribution in [0.25, 0.3) is 0 Å². The molecule has 0 radical (unpaired) electrons. The molecule has 3 N–H and O–H groups in total. The lowest BCUT2D eigenvalue weighted by molar-refractivity contribution is 0.240. The van der Waals surface area contributed by atoms with E-state index in [1.165, 1.54) is 0 Å². The van der Waals surface area contributed by atoms with E-state index in [2.05, 4.69) is 14.9 Å². The monoisotopic (exact) mass is 236 g/mol. The molecule has 5 heteroatoms. The summed E-state index contributed by atoms with van der Waals surface area (Å²) in [6.07, 6.45) is 3.14. The molecule has 1 aromatic rings. The number of anilines is 2. The Balaban J connectivity index is 2.00. The number of piperidine rings is 1. The summed E-state index contributed by atoms with van der Waals surface area (Å²) >= 11 is 0. The average Bonchev–Trinajstić information content (AvgIpc) is 2.29. The van der Waals surface area contributed by atoms with Crippen LogP contribution in [0.1, 0.15) is 25.1 Å². The van der Waals surface area contributed by atoms with Gasteiger partial charge in [-0.1, -0.05) is 0 Å². The number of aliphatic hydroxyl groups is 1. The Labute approximate surface area is 102 Å². The van der Waals surface area contributed by atoms with Gasteiger partial charge in [0.15, 0.2) is 0 Å². The van der Waals surface area contributed by atoms with Gasteiger partial charge < -0.3 is 15.7 Å². The highest BCUT2D eigenvalue weighted by atomic mass is 16.3. The highest BCUT2D eigenvalue weighted by Crippen LogP contribution is 2.24. The second kappa shape index (κ2) is 5.31. The molecule has 94 valence electrons. The quantitative estimate of drug-likeness (QED) is 0.817. The van der Waals surface area contributed by atoms with E-state index >= 15 is 0 Å². The van der Waals surface area contributed by atoms with Crippen molar-refractivity contribution in [1.82, 2.24) is 9.97 Å². The first-order valence-electron chi connectivity index (χ1n) is 6.16. The summed E-state index contributed by atoms with van der Waals surface area (Å²) in [5, 5.41) is 8.92. The van der Waals surface area contributed by atoms with Crippen LogP contribution >= 0.6 is 0 Å². The van der Waals surface area contributed by atoms with Gasteiger partial charge in [0.1, 0.15) is 17.5 Å². The summed E-state index contributed by atoms with van der Waals surface area (Å²) in [6, 6.07) is 1.83. The van der Waals surface area contributed by atoms with Crippen molar-refractivity contribution in [2.45, 2.75) is 26.2 Å². The molecule has 17 heavy (non-hydrogen) atoms. The van der Waals surface area contributed by atoms with Gasteiger partial charge in [-0.2, -0.15) is 0 Å². The normalized spacial score (nSPS) is 17.4. The zero-order chi connectivity index (χ0) is 12.3. The minimum absolute atomic E-state index is 0.296. The van der Waals surface area contributed by atoms with E-state index in [0.717, 1.165) is 44.0 Å². The lowest BCUT2D eigenvalue weighted by atomic mass is 9.94. The highest BCUT2D eigenvalue weighted by molar-refractivity contribution is 5.47. The van der Waals surface area contributed by atoms with Gasteiger partial charge in [0.05, 0.1) is 0 Å². The first-order valence-corrected chi connectivity index (χ1v) is 6.16. The molecule has 0 aliphatic carbocycles. The Morgan fingerprint density at radius 2 is 2.12 bits per heavy atom. The first kappa shape index (κ1) is 12.1. The standard InChI is InChI=1S/C12H20N4O/c1-9-14-11(13)8-12(15-9)16-5-2-10(3-6-16)4-7-17/h8,10,17H,2-7H2,1H3,(H2,13,14,15). The van der Waals surface area contributed by atoms with Crippen molar-refractivity contribution < 1.29 is 5.11 Å². The molecule has 0 atom stereocenters. The van der Waals surface area contributed by atoms with Crippen LogP contribution in [0, 0.1) is 12.8 Å². The van der Waals surface area contributed by atoms with E-state index in [1.807, 2.05) is 13.0 Å². The minimum atomic E-state index is 0.296. The third-order valence-corrected chi connectivity index (χ3v) is 3.32. The molecule has 5 nitrogen and oxygen atoms in total. The number of aromatic nitrogens is 2. The van der Waals surface area contributed by atoms with E-state index in [0.29, 0.717) is 18.3 Å². The summed E-state index contributed by atoms with van der Waals surface area (Å²) in [5.41, 5.74) is 5.73. The van der Waals surface area contributed by atoms with Gasteiger partial charge in [-0.05, 0) is 32.1 Å². The maximum Gasteiger partial charge on any atom is 0.134 e. The molecule has 1 aliphatic rings. The van der Waals surface area contributed by atoms with Crippen LogP contribution < -0.4 is 10.6 Å². The zero-order valence-electron chi connectivity index (χ0n) is 10.3. The fourth-order valence-electron chi connectivity index (χ4n) is 2.37. The van der Waals surface area contributed by atoms with Crippen molar-refractivity contribution in [3.05, 3.63) is 11.9 Å². The molecule has 1 aromatic heterocycles. The van der Waals surface area contributed by atoms with Gasteiger partial charge in [-0.15, -0.1) is 0 Å². The van der Waals surface area contributed by atoms with Crippen molar-refractivity contribution in [3.63, 3.8) is 0 Å². The average molecular weight is 236 g/mol. The molecule has 0 unspecified atom stereocenters. The molecule has 0 aromatic carbocycles. The van der Waals surface area contributed by atoms with Crippen molar-refractivity contribution in [2.75, 3.05) is 30.3 Å². The summed E-state index contributed by atoms with van der Waals surface area (Å²) in [5.74, 6) is 2.83. The summed E-state index contributed by atoms with van der Waals surface area (Å²) in [4.78, 5) is 10.7. The Morgan fingerprint density at radius 1 is 1.41 bits per heavy atom. The Hall–Kier alpha value is -1.36. The van der Waals surface area contributed by atoms with E-state index in [4.69, 9.17) is 10.8 Å². The number of nitrogens with two attached hydrogens (primary N) is 1. The molecular formula is C12H20N4O. The molecular weight excluding hydrogens is 216 g/mol. The first-order chi connectivity index (χ1) is 8.19. The molecule has 0 amide bonds. The second-order valence-corrected chi connectivity index (χ2v) is 4.64. The predicted octanol–water partition coefficient (Wildman–Crippen LogP) is 0.966. The molecule has 0 bridgehead atoms. The second-order valence-electron chi connectivity index (χ2n) is 4.64. The Morgan fingerprint density at radius 3 is 2.71 bits per heavy atom. The van der Waals surface area contributed by atoms with Crippen molar-refractivity contribution >= 4 is 11.6 Å². The summed E-state index contributed by atoms with van der Waals surface area (Å²) in [7, 11) is 0. The molecule has 2 heterocycles. The zero-order valence-corrected chi connectivity index (χ0v) is 10.3. The number of aryl methyl sites for hydroxylation is 1. The maximum atomic E-state index is 8.92. The van der Waals surface area contributed by atoms with Gasteiger partial charge in [-0.3, -0.25) is 0 Å². The van der Waals surface area contributed by atoms with E-state index in [-0.39, 0.29) is 0 Å². The number of nitrogen functional groups attached to an aromatic ring is 1. The van der Waals surface area contributed by atoms with Gasteiger partial charge in [0.25, 0.3) is 0 Å². The number of aliphatic hydroxyl groups excluding tert-OH is 1. The van der Waals surface area contributed by atoms with Crippen LogP contribution in [0.2, 0.25) is 0 Å². The van der Waals surface area contributed by atoms with Gasteiger partial charge >= 0.3 is 0 Å². The van der Waals surface area contributed by atoms with E-state index < -0.39 is 0 Å². The highest BCUT2D eigenvalue weighted by Gasteiger charge is 2.20. The minimum Gasteiger partial charge on any atom is -0.396 e. The lowest BCUT2D eigenvalue weighted by Crippen LogP contribution is -2.34. The molecule has 1 aliphatic heterocycles. The molecule has 0 saturated carbocycles. The van der Waals surface area contributed by atoms with Crippen LogP contribution in [0.4, 0.5) is 11.6 Å². The number of hydrogen-bond donors (Lipinski definition) is 2. The van der Waals surface area contributed by atoms with E-state index in [1.54, 1.807) is 0 Å². The molecule has 2 rings (SSSR count). The molecule has 1 saturated heterocycles. The lowest BCUT2D eigenvalue weighted by Gasteiger charge is -2.32. The fraction of sp³-hybridized carbons (Fsp3) is 0.667. The SMILES string of the molecule is Cc1nc(N)cc(N2CCC(CCO)CC2)n1. The van der Waals surface area contributed by atoms with Crippen molar-refractivity contribution in [3.8, 4) is 0 Å². The van der Waals surface area contributed by atoms with Crippen LogP contribution in [-0.2, 0) is 0 Å². The largest absolute Gasteiger partial charge is 0.396 e. The van der Waals surface area contributed by atoms with Crippen LogP contribution in [0.15, 0.2) is 6.07 Å². The topological polar surface area (TPSA) is 75.3 Å². The summed E-state index contributed by atoms with van der Waals surface area (Å²) in [6.45, 7) is 4.13. The molecule has 0 spiro atoms. The van der Waals surface area contributed by atoms with Crippen molar-refractivity contribution in [1.29, 1.82) is 0 Å². The van der Waals surface area contributed by atoms with Gasteiger partial charge in [0, 0.05) is 25.8 Å². The predicted molar refractivity (Wildman–Crippen MR) is 67.8 cm³/mol. The Bertz CT molecular complexity index is 355. The number of hydrogen-bond acceptors (Lipinski definition) is 5. The smallest absolute Gasteiger partial charge is 0.134 e. The Kier molecular flexibility index (Phi) is 3.78. The number of nitrogens with zero attached hydrogens (tertiary/aromatic N) is 3. The van der Waals surface area contributed by atoms with Gasteiger partial charge in [-0.25, -0.2) is 9.97 Å². The fourth-order valence-corrected chi connectivity index (χ4v) is 2.37. The maximum absolute atomic E-state index is 8.92. The van der Waals surface area contributed by atoms with Crippen LogP contribution in [0.3, 0.4) is 0 Å². The third-order valence-electron chi connectivity index (χ3n) is 3.32. The van der Waals surface area contributed by atoms with Crippen molar-refractivity contribution in [2.24, 2.45) is 5.92 Å². The van der Waals surface area contributed by atoms with Crippen LogP contribution in [-0.4, -0.2) is 34.8 Å². The van der Waals surface area contributed by atoms with Crippen LogP contribution in [0.5, 0.6) is 0 Å². The third kappa shape index (κ3) is 3.06. The number of rotatable bonds is 3.